The van der Waals surface area contributed by atoms with E-state index in [1.807, 2.05) is 0 Å². The molecule has 3 rings (SSSR count). The number of hydrogen-bond acceptors (Lipinski definition) is 4. The Morgan fingerprint density at radius 1 is 1.09 bits per heavy atom. The fraction of sp³-hybridized carbons (Fsp3) is 0. The molecule has 1 N–H and O–H groups in total. The zero-order valence-corrected chi connectivity index (χ0v) is 11.1. The van der Waals surface area contributed by atoms with Crippen molar-refractivity contribution < 1.29 is 18.0 Å². The molecule has 0 fully saturated rings. The molecule has 0 radical (unpaired) electrons. The monoisotopic (exact) mass is 301 g/mol. The van der Waals surface area contributed by atoms with Crippen LogP contribution in [0.4, 0.5) is 14.8 Å². The van der Waals surface area contributed by atoms with E-state index in [1.165, 1.54) is 37.0 Å². The maximum atomic E-state index is 13.3. The van der Waals surface area contributed by atoms with Crippen LogP contribution < -0.4 is 5.32 Å². The van der Waals surface area contributed by atoms with Gasteiger partial charge in [0, 0.05) is 18.0 Å². The van der Waals surface area contributed by atoms with Gasteiger partial charge in [-0.05, 0) is 23.8 Å². The molecule has 0 saturated heterocycles. The van der Waals surface area contributed by atoms with Gasteiger partial charge in [-0.3, -0.25) is 15.1 Å². The summed E-state index contributed by atoms with van der Waals surface area (Å²) in [5.74, 6) is -2.37. The van der Waals surface area contributed by atoms with Crippen molar-refractivity contribution in [3.8, 4) is 11.1 Å². The Morgan fingerprint density at radius 2 is 1.95 bits per heavy atom. The first kappa shape index (κ1) is 13.9. The van der Waals surface area contributed by atoms with Crippen molar-refractivity contribution in [2.24, 2.45) is 0 Å². The number of nitrogens with zero attached hydrogens (tertiary/aromatic N) is 2. The van der Waals surface area contributed by atoms with E-state index in [-0.39, 0.29) is 11.6 Å². The van der Waals surface area contributed by atoms with Crippen molar-refractivity contribution in [3.05, 3.63) is 66.3 Å². The van der Waals surface area contributed by atoms with Crippen LogP contribution in [0.1, 0.15) is 10.4 Å². The highest BCUT2D eigenvalue weighted by atomic mass is 19.2. The molecule has 1 amide bonds. The van der Waals surface area contributed by atoms with Crippen LogP contribution >= 0.6 is 0 Å². The van der Waals surface area contributed by atoms with Crippen molar-refractivity contribution in [1.82, 2.24) is 9.97 Å². The number of pyridine rings is 1. The van der Waals surface area contributed by atoms with Crippen molar-refractivity contribution in [2.45, 2.75) is 0 Å². The van der Waals surface area contributed by atoms with Crippen LogP contribution in [-0.2, 0) is 0 Å². The van der Waals surface area contributed by atoms with E-state index in [1.54, 1.807) is 0 Å². The van der Waals surface area contributed by atoms with Gasteiger partial charge in [-0.2, -0.15) is 0 Å². The first-order valence-electron chi connectivity index (χ1n) is 6.25. The highest BCUT2D eigenvalue weighted by Crippen LogP contribution is 2.22. The van der Waals surface area contributed by atoms with Crippen molar-refractivity contribution >= 4 is 11.9 Å². The number of aromatic nitrogens is 2. The van der Waals surface area contributed by atoms with E-state index in [0.717, 1.165) is 12.1 Å². The average Bonchev–Trinajstić information content (AvgIpc) is 3.03. The SMILES string of the molecule is O=C(Nc1ncco1)c1cncc(-c2ccc(F)c(F)c2)c1. The van der Waals surface area contributed by atoms with Gasteiger partial charge in [0.15, 0.2) is 11.6 Å². The third-order valence-corrected chi connectivity index (χ3v) is 2.91. The Bertz CT molecular complexity index is 819. The number of benzene rings is 1. The predicted octanol–water partition coefficient (Wildman–Crippen LogP) is 3.27. The third-order valence-electron chi connectivity index (χ3n) is 2.91. The largest absolute Gasteiger partial charge is 0.432 e. The average molecular weight is 301 g/mol. The minimum absolute atomic E-state index is 0.0585. The van der Waals surface area contributed by atoms with Crippen LogP contribution in [0.3, 0.4) is 0 Å². The smallest absolute Gasteiger partial charge is 0.301 e. The molecule has 0 aliphatic carbocycles. The number of anilines is 1. The molecule has 1 aromatic carbocycles. The molecule has 7 heteroatoms. The van der Waals surface area contributed by atoms with Gasteiger partial charge in [0.2, 0.25) is 0 Å². The predicted molar refractivity (Wildman–Crippen MR) is 74.0 cm³/mol. The van der Waals surface area contributed by atoms with Crippen LogP contribution in [-0.4, -0.2) is 15.9 Å². The molecule has 0 aliphatic heterocycles. The quantitative estimate of drug-likeness (QED) is 0.806. The summed E-state index contributed by atoms with van der Waals surface area (Å²) in [6.45, 7) is 0. The first-order valence-corrected chi connectivity index (χ1v) is 6.25. The lowest BCUT2D eigenvalue weighted by molar-refractivity contribution is 0.102. The zero-order valence-electron chi connectivity index (χ0n) is 11.1. The number of rotatable bonds is 3. The Kier molecular flexibility index (Phi) is 3.61. The molecule has 2 heterocycles. The number of halogens is 2. The zero-order chi connectivity index (χ0) is 15.5. The Morgan fingerprint density at radius 3 is 2.68 bits per heavy atom. The topological polar surface area (TPSA) is 68.0 Å². The molecule has 22 heavy (non-hydrogen) atoms. The van der Waals surface area contributed by atoms with Gasteiger partial charge < -0.3 is 4.42 Å². The molecule has 0 atom stereocenters. The molecule has 2 aromatic heterocycles. The van der Waals surface area contributed by atoms with E-state index in [4.69, 9.17) is 4.42 Å². The summed E-state index contributed by atoms with van der Waals surface area (Å²) in [5, 5.41) is 2.45. The van der Waals surface area contributed by atoms with E-state index in [9.17, 15) is 13.6 Å². The van der Waals surface area contributed by atoms with Gasteiger partial charge in [-0.25, -0.2) is 13.8 Å². The second-order valence-corrected chi connectivity index (χ2v) is 4.38. The van der Waals surface area contributed by atoms with Gasteiger partial charge in [-0.15, -0.1) is 0 Å². The van der Waals surface area contributed by atoms with Crippen molar-refractivity contribution in [2.75, 3.05) is 5.32 Å². The lowest BCUT2D eigenvalue weighted by Crippen LogP contribution is -2.12. The summed E-state index contributed by atoms with van der Waals surface area (Å²) in [6.07, 6.45) is 5.52. The van der Waals surface area contributed by atoms with E-state index >= 15 is 0 Å². The number of carbonyl (C=O) groups is 1. The molecule has 3 aromatic rings. The Balaban J connectivity index is 1.88. The maximum Gasteiger partial charge on any atom is 0.301 e. The summed E-state index contributed by atoms with van der Waals surface area (Å²) >= 11 is 0. The Hall–Kier alpha value is -3.09. The lowest BCUT2D eigenvalue weighted by Gasteiger charge is -2.05. The highest BCUT2D eigenvalue weighted by Gasteiger charge is 2.11. The van der Waals surface area contributed by atoms with Gasteiger partial charge >= 0.3 is 6.01 Å². The lowest BCUT2D eigenvalue weighted by atomic mass is 10.1. The maximum absolute atomic E-state index is 13.3. The van der Waals surface area contributed by atoms with E-state index in [0.29, 0.717) is 11.1 Å². The fourth-order valence-corrected chi connectivity index (χ4v) is 1.85. The normalized spacial score (nSPS) is 10.5. The number of hydrogen-bond donors (Lipinski definition) is 1. The highest BCUT2D eigenvalue weighted by molar-refractivity contribution is 6.03. The Labute approximate surface area is 123 Å². The standard InChI is InChI=1S/C15H9F2N3O2/c16-12-2-1-9(6-13(12)17)10-5-11(8-18-7-10)14(21)20-15-19-3-4-22-15/h1-8H,(H,19,20,21). The van der Waals surface area contributed by atoms with Gasteiger partial charge in [0.25, 0.3) is 5.91 Å². The second-order valence-electron chi connectivity index (χ2n) is 4.38. The summed E-state index contributed by atoms with van der Waals surface area (Å²) in [4.78, 5) is 19.7. The molecule has 0 aliphatic rings. The van der Waals surface area contributed by atoms with Crippen LogP contribution in [0, 0.1) is 11.6 Å². The van der Waals surface area contributed by atoms with Gasteiger partial charge in [0.1, 0.15) is 6.26 Å². The third kappa shape index (κ3) is 2.83. The van der Waals surface area contributed by atoms with Crippen LogP contribution in [0.5, 0.6) is 0 Å². The molecule has 0 unspecified atom stereocenters. The first-order chi connectivity index (χ1) is 10.6. The second kappa shape index (κ2) is 5.72. The van der Waals surface area contributed by atoms with Gasteiger partial charge in [-0.1, -0.05) is 6.07 Å². The summed E-state index contributed by atoms with van der Waals surface area (Å²) in [7, 11) is 0. The van der Waals surface area contributed by atoms with Crippen LogP contribution in [0.15, 0.2) is 53.5 Å². The molecular formula is C15H9F2N3O2. The minimum atomic E-state index is -0.966. The number of oxazole rings is 1. The van der Waals surface area contributed by atoms with Crippen LogP contribution in [0.2, 0.25) is 0 Å². The molecule has 0 saturated carbocycles. The molecule has 110 valence electrons. The summed E-state index contributed by atoms with van der Waals surface area (Å²) in [5.41, 5.74) is 1.14. The molecule has 0 bridgehead atoms. The van der Waals surface area contributed by atoms with Crippen molar-refractivity contribution in [3.63, 3.8) is 0 Å². The minimum Gasteiger partial charge on any atom is -0.432 e. The number of nitrogens with one attached hydrogen (secondary N) is 1. The number of amides is 1. The number of carbonyl (C=O) groups excluding carboxylic acids is 1. The molecule has 5 nitrogen and oxygen atoms in total. The van der Waals surface area contributed by atoms with E-state index < -0.39 is 17.5 Å². The van der Waals surface area contributed by atoms with Crippen molar-refractivity contribution in [1.29, 1.82) is 0 Å². The molecular weight excluding hydrogens is 292 g/mol. The summed E-state index contributed by atoms with van der Waals surface area (Å²) in [6, 6.07) is 5.04. The summed E-state index contributed by atoms with van der Waals surface area (Å²) < 4.78 is 31.2. The fourth-order valence-electron chi connectivity index (χ4n) is 1.85. The van der Waals surface area contributed by atoms with Gasteiger partial charge in [0.05, 0.1) is 11.8 Å². The molecule has 0 spiro atoms. The van der Waals surface area contributed by atoms with Crippen LogP contribution in [0.25, 0.3) is 11.1 Å². The van der Waals surface area contributed by atoms with E-state index in [2.05, 4.69) is 15.3 Å².